The number of para-hydroxylation sites is 1. The summed E-state index contributed by atoms with van der Waals surface area (Å²) in [6.45, 7) is 2.88. The fraction of sp³-hybridized carbons (Fsp3) is 0.381. The van der Waals surface area contributed by atoms with E-state index in [0.717, 1.165) is 43.7 Å². The number of carbonyl (C=O) groups excluding carboxylic acids is 1. The lowest BCUT2D eigenvalue weighted by Crippen LogP contribution is -2.35. The minimum absolute atomic E-state index is 0.0102. The number of hydrogen-bond acceptors (Lipinski definition) is 4. The lowest BCUT2D eigenvalue weighted by molar-refractivity contribution is 0.0825. The van der Waals surface area contributed by atoms with E-state index in [1.54, 1.807) is 25.2 Å². The Morgan fingerprint density at radius 1 is 1.30 bits per heavy atom. The second-order valence-electron chi connectivity index (χ2n) is 7.46. The zero-order valence-electron chi connectivity index (χ0n) is 15.9. The third-order valence-corrected chi connectivity index (χ3v) is 5.35. The number of likely N-dealkylation sites (tertiary alicyclic amines) is 1. The molecule has 1 aromatic carbocycles. The number of carbonyl (C=O) groups is 1. The van der Waals surface area contributed by atoms with Crippen LogP contribution in [0.25, 0.3) is 10.9 Å². The van der Waals surface area contributed by atoms with E-state index in [1.165, 1.54) is 10.9 Å². The molecule has 0 radical (unpaired) electrons. The fourth-order valence-corrected chi connectivity index (χ4v) is 3.99. The topological polar surface area (TPSA) is 65.1 Å². The predicted octanol–water partition coefficient (Wildman–Crippen LogP) is 3.04. The molecule has 1 atom stereocenters. The predicted molar refractivity (Wildman–Crippen MR) is 106 cm³/mol. The van der Waals surface area contributed by atoms with Crippen LogP contribution in [-0.2, 0) is 6.54 Å². The molecule has 0 bridgehead atoms. The Balaban J connectivity index is 1.54. The van der Waals surface area contributed by atoms with Crippen molar-refractivity contribution in [3.8, 4) is 0 Å². The lowest BCUT2D eigenvalue weighted by Gasteiger charge is -2.33. The van der Waals surface area contributed by atoms with E-state index in [-0.39, 0.29) is 5.91 Å². The highest BCUT2D eigenvalue weighted by molar-refractivity contribution is 5.94. The maximum atomic E-state index is 12.4. The van der Waals surface area contributed by atoms with Crippen molar-refractivity contribution in [2.75, 3.05) is 27.2 Å². The van der Waals surface area contributed by atoms with Gasteiger partial charge in [-0.05, 0) is 37.1 Å². The Morgan fingerprint density at radius 3 is 3.00 bits per heavy atom. The van der Waals surface area contributed by atoms with Crippen LogP contribution in [0.4, 0.5) is 0 Å². The normalized spacial score (nSPS) is 17.9. The van der Waals surface area contributed by atoms with Crippen molar-refractivity contribution in [1.29, 1.82) is 0 Å². The summed E-state index contributed by atoms with van der Waals surface area (Å²) in [4.78, 5) is 21.0. The first-order valence-corrected chi connectivity index (χ1v) is 9.43. The minimum Gasteiger partial charge on any atom is -0.345 e. The van der Waals surface area contributed by atoms with E-state index >= 15 is 0 Å². The molecule has 140 valence electrons. The minimum atomic E-state index is 0.0102. The average Bonchev–Trinajstić information content (AvgIpc) is 3.17. The Morgan fingerprint density at radius 2 is 2.15 bits per heavy atom. The SMILES string of the molecule is CN(C)C(=O)c1cn[nH]c1[C@@H]1CCCN(Cc2ccnc3ccccc23)C1. The number of fused-ring (bicyclic) bond motifs is 1. The number of aromatic nitrogens is 3. The van der Waals surface area contributed by atoms with Crippen LogP contribution in [0.3, 0.4) is 0 Å². The Bertz CT molecular complexity index is 943. The smallest absolute Gasteiger partial charge is 0.256 e. The van der Waals surface area contributed by atoms with E-state index in [4.69, 9.17) is 0 Å². The Labute approximate surface area is 159 Å². The van der Waals surface area contributed by atoms with Gasteiger partial charge < -0.3 is 4.90 Å². The van der Waals surface area contributed by atoms with Crippen molar-refractivity contribution in [3.05, 3.63) is 59.5 Å². The monoisotopic (exact) mass is 363 g/mol. The molecule has 0 unspecified atom stereocenters. The van der Waals surface area contributed by atoms with E-state index in [2.05, 4.69) is 44.3 Å². The van der Waals surface area contributed by atoms with Crippen molar-refractivity contribution in [1.82, 2.24) is 25.0 Å². The summed E-state index contributed by atoms with van der Waals surface area (Å²) in [5.41, 5.74) is 4.01. The van der Waals surface area contributed by atoms with Crippen LogP contribution in [0.1, 0.15) is 40.4 Å². The van der Waals surface area contributed by atoms with Gasteiger partial charge in [0.1, 0.15) is 0 Å². The standard InChI is InChI=1S/C21H25N5O/c1-25(2)21(27)18-12-23-24-20(18)16-6-5-11-26(14-16)13-15-9-10-22-19-8-4-3-7-17(15)19/h3-4,7-10,12,16H,5-6,11,13-14H2,1-2H3,(H,23,24)/t16-/m1/s1. The number of nitrogens with one attached hydrogen (secondary N) is 1. The van der Waals surface area contributed by atoms with Crippen LogP contribution in [0.2, 0.25) is 0 Å². The number of rotatable bonds is 4. The lowest BCUT2D eigenvalue weighted by atomic mass is 9.92. The van der Waals surface area contributed by atoms with Crippen LogP contribution in [0.15, 0.2) is 42.7 Å². The largest absolute Gasteiger partial charge is 0.345 e. The number of benzene rings is 1. The van der Waals surface area contributed by atoms with Crippen molar-refractivity contribution in [2.45, 2.75) is 25.3 Å². The molecule has 3 heterocycles. The number of aromatic amines is 1. The van der Waals surface area contributed by atoms with Crippen LogP contribution in [-0.4, -0.2) is 58.1 Å². The number of pyridine rings is 1. The number of amides is 1. The highest BCUT2D eigenvalue weighted by atomic mass is 16.2. The molecule has 4 rings (SSSR count). The van der Waals surface area contributed by atoms with Gasteiger partial charge >= 0.3 is 0 Å². The highest BCUT2D eigenvalue weighted by Gasteiger charge is 2.27. The van der Waals surface area contributed by atoms with Gasteiger partial charge in [-0.25, -0.2) is 0 Å². The second-order valence-corrected chi connectivity index (χ2v) is 7.46. The molecule has 0 saturated carbocycles. The first-order chi connectivity index (χ1) is 13.1. The van der Waals surface area contributed by atoms with Crippen LogP contribution in [0.5, 0.6) is 0 Å². The van der Waals surface area contributed by atoms with Gasteiger partial charge in [-0.2, -0.15) is 5.10 Å². The summed E-state index contributed by atoms with van der Waals surface area (Å²) in [5, 5.41) is 8.46. The van der Waals surface area contributed by atoms with Gasteiger partial charge in [0.2, 0.25) is 0 Å². The molecular formula is C21H25N5O. The van der Waals surface area contributed by atoms with Gasteiger partial charge in [-0.1, -0.05) is 18.2 Å². The number of nitrogens with zero attached hydrogens (tertiary/aromatic N) is 4. The van der Waals surface area contributed by atoms with Crippen molar-refractivity contribution in [2.24, 2.45) is 0 Å². The third kappa shape index (κ3) is 3.57. The van der Waals surface area contributed by atoms with E-state index in [0.29, 0.717) is 11.5 Å². The Hall–Kier alpha value is -2.73. The maximum Gasteiger partial charge on any atom is 0.256 e. The zero-order valence-corrected chi connectivity index (χ0v) is 15.9. The molecular weight excluding hydrogens is 338 g/mol. The summed E-state index contributed by atoms with van der Waals surface area (Å²) >= 11 is 0. The summed E-state index contributed by atoms with van der Waals surface area (Å²) in [6.07, 6.45) is 5.74. The molecule has 1 aliphatic rings. The molecule has 1 N–H and O–H groups in total. The molecule has 2 aromatic heterocycles. The van der Waals surface area contributed by atoms with E-state index in [1.807, 2.05) is 12.3 Å². The first-order valence-electron chi connectivity index (χ1n) is 9.43. The molecule has 1 saturated heterocycles. The summed E-state index contributed by atoms with van der Waals surface area (Å²) < 4.78 is 0. The highest BCUT2D eigenvalue weighted by Crippen LogP contribution is 2.29. The molecule has 0 aliphatic carbocycles. The van der Waals surface area contributed by atoms with Gasteiger partial charge in [0.05, 0.1) is 23.0 Å². The zero-order chi connectivity index (χ0) is 18.8. The van der Waals surface area contributed by atoms with E-state index in [9.17, 15) is 4.79 Å². The van der Waals surface area contributed by atoms with Crippen molar-refractivity contribution in [3.63, 3.8) is 0 Å². The maximum absolute atomic E-state index is 12.4. The van der Waals surface area contributed by atoms with Crippen LogP contribution in [0, 0.1) is 0 Å². The molecule has 1 fully saturated rings. The summed E-state index contributed by atoms with van der Waals surface area (Å²) in [7, 11) is 3.56. The van der Waals surface area contributed by atoms with Crippen LogP contribution >= 0.6 is 0 Å². The molecule has 1 amide bonds. The second kappa shape index (κ2) is 7.48. The van der Waals surface area contributed by atoms with Gasteiger partial charge in [-0.15, -0.1) is 0 Å². The molecule has 3 aromatic rings. The number of hydrogen-bond donors (Lipinski definition) is 1. The van der Waals surface area contributed by atoms with E-state index < -0.39 is 0 Å². The van der Waals surface area contributed by atoms with Gasteiger partial charge in [0, 0.05) is 44.7 Å². The first kappa shape index (κ1) is 17.7. The van der Waals surface area contributed by atoms with Gasteiger partial charge in [0.25, 0.3) is 5.91 Å². The van der Waals surface area contributed by atoms with Crippen molar-refractivity contribution >= 4 is 16.8 Å². The number of piperidine rings is 1. The molecule has 6 heteroatoms. The van der Waals surface area contributed by atoms with Gasteiger partial charge in [-0.3, -0.25) is 19.8 Å². The summed E-state index contributed by atoms with van der Waals surface area (Å²) in [5.74, 6) is 0.309. The molecule has 1 aliphatic heterocycles. The molecule has 27 heavy (non-hydrogen) atoms. The van der Waals surface area contributed by atoms with Crippen molar-refractivity contribution < 1.29 is 4.79 Å². The quantitative estimate of drug-likeness (QED) is 0.774. The number of H-pyrrole nitrogens is 1. The van der Waals surface area contributed by atoms with Crippen LogP contribution < -0.4 is 0 Å². The third-order valence-electron chi connectivity index (χ3n) is 5.35. The fourth-order valence-electron chi connectivity index (χ4n) is 3.99. The Kier molecular flexibility index (Phi) is 4.90. The molecule has 6 nitrogen and oxygen atoms in total. The average molecular weight is 363 g/mol. The molecule has 0 spiro atoms. The van der Waals surface area contributed by atoms with Gasteiger partial charge in [0.15, 0.2) is 0 Å². The summed E-state index contributed by atoms with van der Waals surface area (Å²) in [6, 6.07) is 10.4.